The molecule has 9 heteroatoms. The van der Waals surface area contributed by atoms with Gasteiger partial charge >= 0.3 is 0 Å². The van der Waals surface area contributed by atoms with Gasteiger partial charge in [-0.15, -0.1) is 0 Å². The van der Waals surface area contributed by atoms with E-state index in [1.165, 1.54) is 0 Å². The van der Waals surface area contributed by atoms with E-state index >= 15 is 0 Å². The Morgan fingerprint density at radius 2 is 1.92 bits per heavy atom. The van der Waals surface area contributed by atoms with Gasteiger partial charge < -0.3 is 23.5 Å². The third-order valence-corrected chi connectivity index (χ3v) is 4.31. The fourth-order valence-corrected chi connectivity index (χ4v) is 3.22. The van der Waals surface area contributed by atoms with Crippen molar-refractivity contribution in [2.45, 2.75) is 24.5 Å². The average molecular weight is 337 g/mol. The quantitative estimate of drug-likeness (QED) is 0.756. The Hall–Kier alpha value is -1.81. The number of hydrogen-bond acceptors (Lipinski definition) is 7. The van der Waals surface area contributed by atoms with Gasteiger partial charge in [-0.2, -0.15) is 0 Å². The minimum atomic E-state index is -0.407. The Morgan fingerprint density at radius 3 is 2.54 bits per heavy atom. The monoisotopic (exact) mass is 337 g/mol. The van der Waals surface area contributed by atoms with Gasteiger partial charge in [-0.3, -0.25) is 9.56 Å². The molecule has 1 aliphatic rings. The minimum absolute atomic E-state index is 0.234. The summed E-state index contributed by atoms with van der Waals surface area (Å²) in [5, 5.41) is 0. The van der Waals surface area contributed by atoms with Gasteiger partial charge in [0.15, 0.2) is 22.9 Å². The predicted molar refractivity (Wildman–Crippen MR) is 85.4 cm³/mol. The van der Waals surface area contributed by atoms with Gasteiger partial charge in [-0.25, -0.2) is 9.97 Å². The zero-order valence-electron chi connectivity index (χ0n) is 14.5. The molecular weight excluding hydrogens is 314 g/mol. The second kappa shape index (κ2) is 6.98. The van der Waals surface area contributed by atoms with E-state index in [0.29, 0.717) is 17.8 Å². The molecule has 0 spiro atoms. The molecule has 0 amide bonds. The molecule has 132 valence electrons. The van der Waals surface area contributed by atoms with Crippen LogP contribution in [0.1, 0.15) is 6.23 Å². The predicted octanol–water partition coefficient (Wildman–Crippen LogP) is -0.126. The first-order valence-corrected chi connectivity index (χ1v) is 7.67. The molecule has 2 aromatic rings. The fraction of sp³-hybridized carbons (Fsp3) is 0.667. The standard InChI is InChI=1S/C15H23N5O4/c1-16-13-10-14(18-7-19(13)2)20(8-17-10)15-12(23-5)11(22-4)9(24-15)6-21-3/h7-9,11-12,15H,6H2,1-5H3. The van der Waals surface area contributed by atoms with Gasteiger partial charge in [0, 0.05) is 35.4 Å². The number of hydrogen-bond donors (Lipinski definition) is 0. The summed E-state index contributed by atoms with van der Waals surface area (Å²) in [6.07, 6.45) is 2.22. The van der Waals surface area contributed by atoms with Crippen LogP contribution in [0.25, 0.3) is 11.2 Å². The van der Waals surface area contributed by atoms with Crippen LogP contribution in [0.5, 0.6) is 0 Å². The second-order valence-corrected chi connectivity index (χ2v) is 5.65. The molecule has 1 aliphatic heterocycles. The smallest absolute Gasteiger partial charge is 0.167 e. The van der Waals surface area contributed by atoms with Gasteiger partial charge in [-0.1, -0.05) is 0 Å². The van der Waals surface area contributed by atoms with E-state index in [4.69, 9.17) is 18.9 Å². The molecule has 0 saturated carbocycles. The highest BCUT2D eigenvalue weighted by Crippen LogP contribution is 2.34. The van der Waals surface area contributed by atoms with E-state index < -0.39 is 6.23 Å². The number of ether oxygens (including phenoxy) is 4. The van der Waals surface area contributed by atoms with Crippen molar-refractivity contribution in [2.75, 3.05) is 35.0 Å². The van der Waals surface area contributed by atoms with Crippen LogP contribution in [0.2, 0.25) is 0 Å². The Labute approximate surface area is 139 Å². The van der Waals surface area contributed by atoms with Crippen LogP contribution in [-0.4, -0.2) is 72.4 Å². The van der Waals surface area contributed by atoms with Crippen LogP contribution in [0.3, 0.4) is 0 Å². The van der Waals surface area contributed by atoms with Crippen molar-refractivity contribution in [2.24, 2.45) is 12.0 Å². The molecule has 9 nitrogen and oxygen atoms in total. The van der Waals surface area contributed by atoms with Crippen molar-refractivity contribution in [3.05, 3.63) is 18.1 Å². The second-order valence-electron chi connectivity index (χ2n) is 5.65. The number of imidazole rings is 1. The summed E-state index contributed by atoms with van der Waals surface area (Å²) >= 11 is 0. The molecule has 0 N–H and O–H groups in total. The largest absolute Gasteiger partial charge is 0.382 e. The first-order valence-electron chi connectivity index (χ1n) is 7.67. The summed E-state index contributed by atoms with van der Waals surface area (Å²) in [5.74, 6) is 0. The van der Waals surface area contributed by atoms with Crippen molar-refractivity contribution in [1.82, 2.24) is 19.1 Å². The first kappa shape index (κ1) is 17.0. The highest BCUT2D eigenvalue weighted by Gasteiger charge is 2.46. The topological polar surface area (TPSA) is 84.9 Å². The summed E-state index contributed by atoms with van der Waals surface area (Å²) < 4.78 is 26.3. The molecule has 1 fully saturated rings. The fourth-order valence-electron chi connectivity index (χ4n) is 3.22. The minimum Gasteiger partial charge on any atom is -0.382 e. The molecule has 0 aromatic carbocycles. The third-order valence-electron chi connectivity index (χ3n) is 4.31. The number of fused-ring (bicyclic) bond motifs is 1. The number of rotatable bonds is 5. The lowest BCUT2D eigenvalue weighted by Gasteiger charge is -2.22. The number of methoxy groups -OCH3 is 3. The van der Waals surface area contributed by atoms with E-state index in [0.717, 1.165) is 5.49 Å². The third kappa shape index (κ3) is 2.63. The SMILES string of the molecule is CN=c1c2ncn(C3OC(COC)C(OC)C3OC)c2ncn1C. The van der Waals surface area contributed by atoms with Crippen LogP contribution in [0, 0.1) is 0 Å². The van der Waals surface area contributed by atoms with Gasteiger partial charge in [-0.05, 0) is 0 Å². The van der Waals surface area contributed by atoms with Crippen molar-refractivity contribution >= 4 is 11.2 Å². The molecule has 2 aromatic heterocycles. The van der Waals surface area contributed by atoms with Crippen molar-refractivity contribution < 1.29 is 18.9 Å². The van der Waals surface area contributed by atoms with E-state index in [1.54, 1.807) is 41.0 Å². The lowest BCUT2D eigenvalue weighted by Crippen LogP contribution is -2.36. The Balaban J connectivity index is 2.06. The maximum atomic E-state index is 6.14. The average Bonchev–Trinajstić information content (AvgIpc) is 3.15. The zero-order chi connectivity index (χ0) is 17.3. The van der Waals surface area contributed by atoms with E-state index in [1.807, 2.05) is 16.2 Å². The molecule has 3 heterocycles. The van der Waals surface area contributed by atoms with E-state index in [9.17, 15) is 0 Å². The number of aryl methyl sites for hydroxylation is 1. The summed E-state index contributed by atoms with van der Waals surface area (Å²) in [5.41, 5.74) is 2.15. The first-order chi connectivity index (χ1) is 11.7. The molecule has 1 saturated heterocycles. The molecule has 0 bridgehead atoms. The Morgan fingerprint density at radius 1 is 1.17 bits per heavy atom. The van der Waals surface area contributed by atoms with Crippen molar-refractivity contribution in [3.63, 3.8) is 0 Å². The van der Waals surface area contributed by atoms with Crippen LogP contribution in [-0.2, 0) is 26.0 Å². The molecule has 4 atom stereocenters. The van der Waals surface area contributed by atoms with Crippen molar-refractivity contribution in [3.8, 4) is 0 Å². The maximum Gasteiger partial charge on any atom is 0.167 e. The van der Waals surface area contributed by atoms with Gasteiger partial charge in [0.25, 0.3) is 0 Å². The molecule has 24 heavy (non-hydrogen) atoms. The van der Waals surface area contributed by atoms with Gasteiger partial charge in [0.05, 0.1) is 19.3 Å². The van der Waals surface area contributed by atoms with Crippen LogP contribution >= 0.6 is 0 Å². The summed E-state index contributed by atoms with van der Waals surface area (Å²) in [7, 11) is 8.53. The molecule has 4 unspecified atom stereocenters. The molecule has 0 aliphatic carbocycles. The highest BCUT2D eigenvalue weighted by atomic mass is 16.6. The number of aromatic nitrogens is 4. The lowest BCUT2D eigenvalue weighted by atomic mass is 10.1. The number of nitrogens with zero attached hydrogens (tertiary/aromatic N) is 5. The van der Waals surface area contributed by atoms with Crippen LogP contribution in [0.4, 0.5) is 0 Å². The highest BCUT2D eigenvalue weighted by molar-refractivity contribution is 5.68. The molecule has 0 radical (unpaired) electrons. The van der Waals surface area contributed by atoms with Gasteiger partial charge in [0.2, 0.25) is 0 Å². The van der Waals surface area contributed by atoms with Gasteiger partial charge in [0.1, 0.15) is 18.3 Å². The van der Waals surface area contributed by atoms with E-state index in [-0.39, 0.29) is 18.3 Å². The summed E-state index contributed by atoms with van der Waals surface area (Å²) in [6.45, 7) is 0.416. The molecule has 3 rings (SSSR count). The van der Waals surface area contributed by atoms with E-state index in [2.05, 4.69) is 15.0 Å². The summed E-state index contributed by atoms with van der Waals surface area (Å²) in [6, 6.07) is 0. The van der Waals surface area contributed by atoms with Crippen LogP contribution < -0.4 is 5.49 Å². The lowest BCUT2D eigenvalue weighted by molar-refractivity contribution is -0.0636. The van der Waals surface area contributed by atoms with Crippen LogP contribution in [0.15, 0.2) is 17.6 Å². The summed E-state index contributed by atoms with van der Waals surface area (Å²) in [4.78, 5) is 13.2. The normalized spacial score (nSPS) is 28.1. The maximum absolute atomic E-state index is 6.14. The Bertz CT molecular complexity index is 771. The Kier molecular flexibility index (Phi) is 4.95. The zero-order valence-corrected chi connectivity index (χ0v) is 14.5. The van der Waals surface area contributed by atoms with Crippen molar-refractivity contribution in [1.29, 1.82) is 0 Å². The molecular formula is C15H23N5O4.